The molecule has 0 unspecified atom stereocenters. The van der Waals surface area contributed by atoms with Crippen molar-refractivity contribution in [2.75, 3.05) is 47.6 Å². The van der Waals surface area contributed by atoms with Crippen LogP contribution in [0.1, 0.15) is 21.5 Å². The second kappa shape index (κ2) is 13.3. The molecule has 222 valence electrons. The van der Waals surface area contributed by atoms with Crippen LogP contribution in [0.2, 0.25) is 0 Å². The normalized spacial score (nSPS) is 13.3. The van der Waals surface area contributed by atoms with Gasteiger partial charge in [0.05, 0.1) is 18.7 Å². The lowest BCUT2D eigenvalue weighted by atomic mass is 10.1. The molecule has 3 amide bonds. The Hall–Kier alpha value is -5.32. The summed E-state index contributed by atoms with van der Waals surface area (Å²) in [5, 5.41) is 12.7. The predicted molar refractivity (Wildman–Crippen MR) is 174 cm³/mol. The first kappa shape index (κ1) is 28.8. The van der Waals surface area contributed by atoms with E-state index in [4.69, 9.17) is 4.74 Å². The number of nitrogens with zero attached hydrogens (tertiary/aromatic N) is 3. The number of carbonyl (C=O) groups excluding carboxylic acids is 2. The van der Waals surface area contributed by atoms with E-state index < -0.39 is 0 Å². The van der Waals surface area contributed by atoms with Gasteiger partial charge in [0.1, 0.15) is 12.1 Å². The Morgan fingerprint density at radius 2 is 1.39 bits per heavy atom. The van der Waals surface area contributed by atoms with Gasteiger partial charge in [-0.2, -0.15) is 0 Å². The number of carbonyl (C=O) groups is 2. The fraction of sp³-hybridized carbons (Fsp3) is 0.176. The molecule has 0 bridgehead atoms. The maximum absolute atomic E-state index is 13.0. The summed E-state index contributed by atoms with van der Waals surface area (Å²) >= 11 is 0. The van der Waals surface area contributed by atoms with E-state index in [9.17, 15) is 9.59 Å². The summed E-state index contributed by atoms with van der Waals surface area (Å²) in [6.07, 6.45) is 1.49. The highest BCUT2D eigenvalue weighted by molar-refractivity contribution is 6.06. The number of fused-ring (bicyclic) bond motifs is 1. The lowest BCUT2D eigenvalue weighted by Crippen LogP contribution is -2.35. The highest BCUT2D eigenvalue weighted by Gasteiger charge is 2.13. The summed E-state index contributed by atoms with van der Waals surface area (Å²) in [4.78, 5) is 36.6. The number of ether oxygens (including phenoxy) is 1. The van der Waals surface area contributed by atoms with Crippen molar-refractivity contribution in [3.8, 4) is 0 Å². The first-order chi connectivity index (χ1) is 21.5. The Bertz CT molecular complexity index is 1750. The molecule has 0 aliphatic carbocycles. The van der Waals surface area contributed by atoms with Crippen molar-refractivity contribution in [2.45, 2.75) is 13.5 Å². The highest BCUT2D eigenvalue weighted by Crippen LogP contribution is 2.27. The molecule has 10 heteroatoms. The van der Waals surface area contributed by atoms with Gasteiger partial charge >= 0.3 is 6.03 Å². The van der Waals surface area contributed by atoms with Gasteiger partial charge in [-0.1, -0.05) is 29.8 Å². The second-order valence-electron chi connectivity index (χ2n) is 10.6. The van der Waals surface area contributed by atoms with Gasteiger partial charge in [0.15, 0.2) is 0 Å². The molecule has 5 aromatic rings. The summed E-state index contributed by atoms with van der Waals surface area (Å²) in [6.45, 7) is 6.19. The van der Waals surface area contributed by atoms with Gasteiger partial charge in [0.2, 0.25) is 0 Å². The van der Waals surface area contributed by atoms with Crippen molar-refractivity contribution in [2.24, 2.45) is 0 Å². The van der Waals surface area contributed by atoms with Gasteiger partial charge in [0, 0.05) is 53.3 Å². The van der Waals surface area contributed by atoms with Crippen LogP contribution in [0.25, 0.3) is 10.9 Å². The predicted octanol–water partition coefficient (Wildman–Crippen LogP) is 6.41. The van der Waals surface area contributed by atoms with E-state index in [0.29, 0.717) is 22.8 Å². The Kier molecular flexibility index (Phi) is 8.72. The van der Waals surface area contributed by atoms with Crippen LogP contribution >= 0.6 is 0 Å². The van der Waals surface area contributed by atoms with Crippen LogP contribution in [0.3, 0.4) is 0 Å². The number of amides is 3. The zero-order valence-corrected chi connectivity index (χ0v) is 24.3. The summed E-state index contributed by atoms with van der Waals surface area (Å²) < 4.78 is 5.42. The zero-order valence-electron chi connectivity index (χ0n) is 24.3. The van der Waals surface area contributed by atoms with Crippen LogP contribution in [0.4, 0.5) is 33.4 Å². The van der Waals surface area contributed by atoms with Gasteiger partial charge in [0.25, 0.3) is 5.91 Å². The van der Waals surface area contributed by atoms with Crippen LogP contribution in [-0.2, 0) is 11.3 Å². The molecule has 0 saturated carbocycles. The lowest BCUT2D eigenvalue weighted by molar-refractivity contribution is 0.0342. The van der Waals surface area contributed by atoms with Crippen molar-refractivity contribution in [3.05, 3.63) is 114 Å². The number of hydrogen-bond donors (Lipinski definition) is 4. The van der Waals surface area contributed by atoms with E-state index in [1.807, 2.05) is 85.8 Å². The largest absolute Gasteiger partial charge is 0.379 e. The number of anilines is 5. The fourth-order valence-corrected chi connectivity index (χ4v) is 4.92. The number of urea groups is 1. The molecule has 1 aliphatic rings. The number of aromatic nitrogens is 2. The number of morpholine rings is 1. The Labute approximate surface area is 255 Å². The quantitative estimate of drug-likeness (QED) is 0.166. The summed E-state index contributed by atoms with van der Waals surface area (Å²) in [5.41, 5.74) is 6.38. The van der Waals surface area contributed by atoms with Gasteiger partial charge in [-0.15, -0.1) is 0 Å². The zero-order chi connectivity index (χ0) is 30.3. The lowest BCUT2D eigenvalue weighted by Gasteiger charge is -2.26. The molecule has 1 aliphatic heterocycles. The minimum atomic E-state index is -0.324. The molecule has 4 aromatic carbocycles. The van der Waals surface area contributed by atoms with Crippen molar-refractivity contribution >= 4 is 51.4 Å². The number of hydrogen-bond acceptors (Lipinski definition) is 7. The van der Waals surface area contributed by atoms with Gasteiger partial charge in [-0.05, 0) is 79.2 Å². The smallest absolute Gasteiger partial charge is 0.323 e. The minimum absolute atomic E-state index is 0.192. The molecule has 1 saturated heterocycles. The monoisotopic (exact) mass is 587 g/mol. The molecule has 4 N–H and O–H groups in total. The average molecular weight is 588 g/mol. The molecule has 1 aromatic heterocycles. The van der Waals surface area contributed by atoms with Crippen LogP contribution < -0.4 is 21.3 Å². The van der Waals surface area contributed by atoms with E-state index in [1.165, 1.54) is 6.33 Å². The molecule has 44 heavy (non-hydrogen) atoms. The summed E-state index contributed by atoms with van der Waals surface area (Å²) in [5.74, 6) is 0.402. The summed E-state index contributed by atoms with van der Waals surface area (Å²) in [6, 6.07) is 27.8. The Morgan fingerprint density at radius 1 is 0.750 bits per heavy atom. The maximum atomic E-state index is 13.0. The first-order valence-electron chi connectivity index (χ1n) is 14.5. The van der Waals surface area contributed by atoms with E-state index in [1.54, 1.807) is 12.1 Å². The van der Waals surface area contributed by atoms with Crippen molar-refractivity contribution < 1.29 is 14.3 Å². The number of benzene rings is 4. The van der Waals surface area contributed by atoms with E-state index in [-0.39, 0.29) is 11.9 Å². The van der Waals surface area contributed by atoms with Crippen LogP contribution in [0.15, 0.2) is 97.3 Å². The molecule has 10 nitrogen and oxygen atoms in total. The minimum Gasteiger partial charge on any atom is -0.379 e. The first-order valence-corrected chi connectivity index (χ1v) is 14.5. The van der Waals surface area contributed by atoms with E-state index >= 15 is 0 Å². The van der Waals surface area contributed by atoms with Crippen LogP contribution in [0, 0.1) is 6.92 Å². The second-order valence-corrected chi connectivity index (χ2v) is 10.6. The molecule has 0 atom stereocenters. The molecule has 6 rings (SSSR count). The average Bonchev–Trinajstić information content (AvgIpc) is 3.04. The van der Waals surface area contributed by atoms with Gasteiger partial charge in [-0.25, -0.2) is 14.8 Å². The maximum Gasteiger partial charge on any atom is 0.323 e. The van der Waals surface area contributed by atoms with Gasteiger partial charge < -0.3 is 26.0 Å². The van der Waals surface area contributed by atoms with Crippen LogP contribution in [-0.4, -0.2) is 53.1 Å². The number of nitrogens with one attached hydrogen (secondary N) is 4. The third-order valence-electron chi connectivity index (χ3n) is 7.33. The van der Waals surface area contributed by atoms with E-state index in [2.05, 4.69) is 36.1 Å². The molecule has 0 radical (unpaired) electrons. The van der Waals surface area contributed by atoms with E-state index in [0.717, 1.165) is 66.3 Å². The number of rotatable bonds is 8. The van der Waals surface area contributed by atoms with Crippen LogP contribution in [0.5, 0.6) is 0 Å². The molecule has 1 fully saturated rings. The standard InChI is InChI=1S/C34H33N7O3/c1-23-2-8-27(9-3-23)39-34(43)40-28-12-10-26(11-13-28)37-32-30-20-29(14-15-31(30)35-22-36-32)38-33(42)25-6-4-24(5-7-25)21-41-16-18-44-19-17-41/h2-15,20,22H,16-19,21H2,1H3,(H,38,42)(H,35,36,37)(H2,39,40,43). The van der Waals surface area contributed by atoms with Crippen molar-refractivity contribution in [1.29, 1.82) is 0 Å². The Balaban J connectivity index is 1.09. The SMILES string of the molecule is Cc1ccc(NC(=O)Nc2ccc(Nc3ncnc4ccc(NC(=O)c5ccc(CN6CCOCC6)cc5)cc34)cc2)cc1. The molecular formula is C34H33N7O3. The third kappa shape index (κ3) is 7.35. The fourth-order valence-electron chi connectivity index (χ4n) is 4.92. The third-order valence-corrected chi connectivity index (χ3v) is 7.33. The highest BCUT2D eigenvalue weighted by atomic mass is 16.5. The molecule has 0 spiro atoms. The molecule has 2 heterocycles. The number of aryl methyl sites for hydroxylation is 1. The summed E-state index contributed by atoms with van der Waals surface area (Å²) in [7, 11) is 0. The van der Waals surface area contributed by atoms with Crippen molar-refractivity contribution in [3.63, 3.8) is 0 Å². The Morgan fingerprint density at radius 3 is 2.09 bits per heavy atom. The van der Waals surface area contributed by atoms with Crippen molar-refractivity contribution in [1.82, 2.24) is 14.9 Å². The topological polar surface area (TPSA) is 121 Å². The molecular weight excluding hydrogens is 554 g/mol. The van der Waals surface area contributed by atoms with Gasteiger partial charge in [-0.3, -0.25) is 9.69 Å².